The third-order valence-corrected chi connectivity index (χ3v) is 6.82. The van der Waals surface area contributed by atoms with Gasteiger partial charge in [0.1, 0.15) is 5.01 Å². The van der Waals surface area contributed by atoms with Gasteiger partial charge in [-0.15, -0.1) is 0 Å². The molecule has 0 aliphatic heterocycles. The van der Waals surface area contributed by atoms with E-state index in [0.717, 1.165) is 16.3 Å². The van der Waals surface area contributed by atoms with Crippen LogP contribution in [0.1, 0.15) is 16.3 Å². The molecule has 0 saturated heterocycles. The lowest BCUT2D eigenvalue weighted by Gasteiger charge is -2.13. The Balaban J connectivity index is 1.59. The summed E-state index contributed by atoms with van der Waals surface area (Å²) in [6, 6.07) is 16.6. The summed E-state index contributed by atoms with van der Waals surface area (Å²) in [5.41, 5.74) is 2.87. The highest BCUT2D eigenvalue weighted by atomic mass is 32.2. The van der Waals surface area contributed by atoms with Gasteiger partial charge in [0.25, 0.3) is 11.1 Å². The minimum absolute atomic E-state index is 0.116. The van der Waals surface area contributed by atoms with E-state index < -0.39 is 0 Å². The molecule has 5 rings (SSSR count). The van der Waals surface area contributed by atoms with E-state index in [1.807, 2.05) is 49.4 Å². The van der Waals surface area contributed by atoms with Gasteiger partial charge in [0.2, 0.25) is 4.96 Å². The molecule has 31 heavy (non-hydrogen) atoms. The van der Waals surface area contributed by atoms with Crippen LogP contribution in [0.25, 0.3) is 21.6 Å². The van der Waals surface area contributed by atoms with Crippen molar-refractivity contribution in [1.29, 1.82) is 0 Å². The number of hydrogen-bond acceptors (Lipinski definition) is 7. The van der Waals surface area contributed by atoms with Crippen LogP contribution >= 0.6 is 23.1 Å². The Kier molecular flexibility index (Phi) is 4.91. The molecule has 0 amide bonds. The molecule has 9 heteroatoms. The number of fused-ring (bicyclic) bond motifs is 2. The number of aromatic nitrogens is 5. The van der Waals surface area contributed by atoms with Crippen LogP contribution in [0.3, 0.4) is 0 Å². The number of hydrogen-bond donors (Lipinski definition) is 0. The lowest BCUT2D eigenvalue weighted by atomic mass is 10.2. The average Bonchev–Trinajstić information content (AvgIpc) is 3.17. The third-order valence-electron chi connectivity index (χ3n) is 4.78. The van der Waals surface area contributed by atoms with E-state index in [2.05, 4.69) is 10.1 Å². The molecule has 3 aromatic heterocycles. The van der Waals surface area contributed by atoms with E-state index in [-0.39, 0.29) is 11.1 Å². The second-order valence-electron chi connectivity index (χ2n) is 7.10. The summed E-state index contributed by atoms with van der Waals surface area (Å²) in [5, 5.41) is 6.27. The molecule has 5 aromatic rings. The predicted molar refractivity (Wildman–Crippen MR) is 124 cm³/mol. The zero-order valence-corrected chi connectivity index (χ0v) is 18.4. The van der Waals surface area contributed by atoms with Gasteiger partial charge in [-0.3, -0.25) is 14.2 Å². The maximum atomic E-state index is 13.3. The smallest absolute Gasteiger partial charge is 0.268 e. The molecule has 0 saturated carbocycles. The highest BCUT2D eigenvalue weighted by molar-refractivity contribution is 7.98. The summed E-state index contributed by atoms with van der Waals surface area (Å²) >= 11 is 2.77. The van der Waals surface area contributed by atoms with Crippen molar-refractivity contribution in [2.45, 2.75) is 24.8 Å². The van der Waals surface area contributed by atoms with E-state index in [1.165, 1.54) is 33.7 Å². The minimum atomic E-state index is -0.199. The number of rotatable bonds is 4. The summed E-state index contributed by atoms with van der Waals surface area (Å²) in [6.45, 7) is 3.79. The number of para-hydroxylation sites is 1. The molecule has 0 unspecified atom stereocenters. The molecule has 0 radical (unpaired) electrons. The first-order valence-electron chi connectivity index (χ1n) is 9.57. The first-order chi connectivity index (χ1) is 15.0. The quantitative estimate of drug-likeness (QED) is 0.308. The fourth-order valence-corrected chi connectivity index (χ4v) is 5.22. The minimum Gasteiger partial charge on any atom is -0.268 e. The maximum Gasteiger partial charge on any atom is 0.275 e. The Morgan fingerprint density at radius 2 is 1.77 bits per heavy atom. The monoisotopic (exact) mass is 447 g/mol. The van der Waals surface area contributed by atoms with Crippen molar-refractivity contribution in [2.75, 3.05) is 0 Å². The maximum absolute atomic E-state index is 13.3. The van der Waals surface area contributed by atoms with Crippen LogP contribution < -0.4 is 11.1 Å². The van der Waals surface area contributed by atoms with Gasteiger partial charge in [0, 0.05) is 11.8 Å². The van der Waals surface area contributed by atoms with Crippen molar-refractivity contribution < 1.29 is 0 Å². The third kappa shape index (κ3) is 3.66. The first-order valence-corrected chi connectivity index (χ1v) is 11.4. The Bertz CT molecular complexity index is 1550. The van der Waals surface area contributed by atoms with Crippen LogP contribution in [0.15, 0.2) is 69.3 Å². The average molecular weight is 448 g/mol. The van der Waals surface area contributed by atoms with Gasteiger partial charge in [0.05, 0.1) is 22.3 Å². The molecular weight excluding hydrogens is 430 g/mol. The van der Waals surface area contributed by atoms with Crippen LogP contribution in [0, 0.1) is 13.8 Å². The van der Waals surface area contributed by atoms with E-state index in [0.29, 0.717) is 32.5 Å². The zero-order chi connectivity index (χ0) is 21.5. The van der Waals surface area contributed by atoms with Gasteiger partial charge in [-0.1, -0.05) is 52.9 Å². The Morgan fingerprint density at radius 1 is 1.00 bits per heavy atom. The second-order valence-corrected chi connectivity index (χ2v) is 9.09. The Labute approximate surface area is 185 Å². The van der Waals surface area contributed by atoms with Crippen LogP contribution in [0.5, 0.6) is 0 Å². The van der Waals surface area contributed by atoms with E-state index in [1.54, 1.807) is 17.6 Å². The molecule has 0 aliphatic rings. The zero-order valence-electron chi connectivity index (χ0n) is 16.8. The normalized spacial score (nSPS) is 11.4. The molecule has 7 nitrogen and oxygen atoms in total. The van der Waals surface area contributed by atoms with Crippen molar-refractivity contribution in [1.82, 2.24) is 24.1 Å². The number of benzene rings is 2. The van der Waals surface area contributed by atoms with Crippen molar-refractivity contribution in [2.24, 2.45) is 0 Å². The highest BCUT2D eigenvalue weighted by Gasteiger charge is 2.15. The number of nitrogens with zero attached hydrogens (tertiary/aromatic N) is 5. The van der Waals surface area contributed by atoms with Crippen LogP contribution in [-0.4, -0.2) is 24.1 Å². The van der Waals surface area contributed by atoms with Crippen molar-refractivity contribution in [3.8, 4) is 5.69 Å². The van der Waals surface area contributed by atoms with Gasteiger partial charge in [-0.05, 0) is 38.1 Å². The number of aryl methyl sites for hydroxylation is 2. The van der Waals surface area contributed by atoms with Crippen molar-refractivity contribution >= 4 is 39.0 Å². The van der Waals surface area contributed by atoms with Gasteiger partial charge in [-0.25, -0.2) is 9.97 Å². The Morgan fingerprint density at radius 3 is 2.58 bits per heavy atom. The molecule has 2 aromatic carbocycles. The molecule has 154 valence electrons. The molecule has 0 aliphatic carbocycles. The Hall–Kier alpha value is -3.30. The largest absolute Gasteiger partial charge is 0.275 e. The summed E-state index contributed by atoms with van der Waals surface area (Å²) in [5.74, 6) is 0.461. The number of thioether (sulfide) groups is 1. The van der Waals surface area contributed by atoms with Crippen molar-refractivity contribution in [3.63, 3.8) is 0 Å². The lowest BCUT2D eigenvalue weighted by molar-refractivity contribution is 0.817. The van der Waals surface area contributed by atoms with E-state index in [9.17, 15) is 9.59 Å². The second kappa shape index (κ2) is 7.75. The summed E-state index contributed by atoms with van der Waals surface area (Å²) in [7, 11) is 0. The summed E-state index contributed by atoms with van der Waals surface area (Å²) in [4.78, 5) is 35.1. The predicted octanol–water partition coefficient (Wildman–Crippen LogP) is 3.76. The van der Waals surface area contributed by atoms with Crippen LogP contribution in [0.2, 0.25) is 0 Å². The van der Waals surface area contributed by atoms with E-state index >= 15 is 0 Å². The van der Waals surface area contributed by atoms with Gasteiger partial charge in [0.15, 0.2) is 5.16 Å². The fraction of sp³-hybridized carbons (Fsp3) is 0.136. The molecule has 0 bridgehead atoms. The van der Waals surface area contributed by atoms with Crippen LogP contribution in [0.4, 0.5) is 0 Å². The van der Waals surface area contributed by atoms with Crippen LogP contribution in [-0.2, 0) is 5.75 Å². The van der Waals surface area contributed by atoms with Gasteiger partial charge in [-0.2, -0.15) is 9.61 Å². The molecule has 0 spiro atoms. The topological polar surface area (TPSA) is 82.2 Å². The lowest BCUT2D eigenvalue weighted by Crippen LogP contribution is -2.21. The first kappa shape index (κ1) is 19.7. The molecule has 0 fully saturated rings. The molecule has 0 atom stereocenters. The van der Waals surface area contributed by atoms with Crippen molar-refractivity contribution in [3.05, 3.63) is 91.6 Å². The standard InChI is InChI=1S/C22H17N5O2S2/c1-13-7-9-15(10-8-13)26-20(29)16-5-3-4-6-17(16)24-21(26)30-12-18-25-27-19(28)11-14(2)23-22(27)31-18/h3-11H,12H2,1-2H3. The summed E-state index contributed by atoms with van der Waals surface area (Å²) in [6.07, 6.45) is 0. The molecule has 3 heterocycles. The van der Waals surface area contributed by atoms with E-state index in [4.69, 9.17) is 4.98 Å². The highest BCUT2D eigenvalue weighted by Crippen LogP contribution is 2.26. The molecule has 0 N–H and O–H groups in total. The molecular formula is C22H17N5O2S2. The fourth-order valence-electron chi connectivity index (χ4n) is 3.28. The van der Waals surface area contributed by atoms with Gasteiger partial charge >= 0.3 is 0 Å². The summed E-state index contributed by atoms with van der Waals surface area (Å²) < 4.78 is 2.95. The van der Waals surface area contributed by atoms with Gasteiger partial charge < -0.3 is 0 Å². The SMILES string of the molecule is Cc1ccc(-n2c(SCc3nn4c(=O)cc(C)nc4s3)nc3ccccc3c2=O)cc1.